The largest absolute Gasteiger partial charge is 0.343 e. The zero-order valence-electron chi connectivity index (χ0n) is 13.1. The molecule has 0 aliphatic carbocycles. The lowest BCUT2D eigenvalue weighted by molar-refractivity contribution is 0.254. The molecule has 0 heterocycles. The van der Waals surface area contributed by atoms with Gasteiger partial charge in [-0.05, 0) is 38.3 Å². The van der Waals surface area contributed by atoms with Crippen molar-refractivity contribution in [3.63, 3.8) is 0 Å². The lowest BCUT2D eigenvalue weighted by Gasteiger charge is -2.23. The Bertz CT molecular complexity index is 470. The van der Waals surface area contributed by atoms with Gasteiger partial charge in [0.2, 0.25) is 0 Å². The molecule has 0 fully saturated rings. The Hall–Kier alpha value is -1.75. The molecule has 6 heteroatoms. The van der Waals surface area contributed by atoms with Gasteiger partial charge in [-0.3, -0.25) is 10.7 Å². The third-order valence-corrected chi connectivity index (χ3v) is 3.14. The molecule has 21 heavy (non-hydrogen) atoms. The van der Waals surface area contributed by atoms with E-state index in [1.54, 1.807) is 0 Å². The van der Waals surface area contributed by atoms with Crippen LogP contribution < -0.4 is 10.6 Å². The van der Waals surface area contributed by atoms with Gasteiger partial charge in [0, 0.05) is 18.8 Å². The van der Waals surface area contributed by atoms with Crippen molar-refractivity contribution in [3.8, 4) is 0 Å². The standard InChI is InChI=1S/C15H24N4O.ClH/c1-5-10-19(6-2)14(16)18-15(20)17-13-11(3)8-7-9-12(13)4;/h7-9H,5-6,10H2,1-4H3,(H3,16,17,18,20);1H. The van der Waals surface area contributed by atoms with Crippen molar-refractivity contribution < 1.29 is 4.79 Å². The predicted molar refractivity (Wildman–Crippen MR) is 90.6 cm³/mol. The van der Waals surface area contributed by atoms with Crippen LogP contribution in [0, 0.1) is 19.3 Å². The maximum atomic E-state index is 12.0. The molecular weight excluding hydrogens is 288 g/mol. The topological polar surface area (TPSA) is 68.2 Å². The van der Waals surface area contributed by atoms with Crippen LogP contribution in [0.4, 0.5) is 10.5 Å². The summed E-state index contributed by atoms with van der Waals surface area (Å²) in [5.74, 6) is 0.137. The third kappa shape index (κ3) is 5.63. The number of carbonyl (C=O) groups excluding carboxylic acids is 1. The second kappa shape index (κ2) is 9.23. The summed E-state index contributed by atoms with van der Waals surface area (Å²) in [6.07, 6.45) is 0.941. The van der Waals surface area contributed by atoms with Crippen molar-refractivity contribution in [2.75, 3.05) is 18.4 Å². The van der Waals surface area contributed by atoms with Crippen molar-refractivity contribution in [2.45, 2.75) is 34.1 Å². The van der Waals surface area contributed by atoms with E-state index in [0.717, 1.165) is 29.8 Å². The van der Waals surface area contributed by atoms with Crippen molar-refractivity contribution in [1.29, 1.82) is 5.41 Å². The normalized spacial score (nSPS) is 9.52. The van der Waals surface area contributed by atoms with Gasteiger partial charge in [0.25, 0.3) is 0 Å². The number of halogens is 1. The van der Waals surface area contributed by atoms with E-state index in [0.29, 0.717) is 6.54 Å². The number of amides is 2. The van der Waals surface area contributed by atoms with Crippen LogP contribution in [0.15, 0.2) is 18.2 Å². The first-order valence-electron chi connectivity index (χ1n) is 6.97. The highest BCUT2D eigenvalue weighted by atomic mass is 35.5. The summed E-state index contributed by atoms with van der Waals surface area (Å²) in [5.41, 5.74) is 2.82. The number of rotatable bonds is 4. The second-order valence-electron chi connectivity index (χ2n) is 4.77. The molecule has 0 spiro atoms. The van der Waals surface area contributed by atoms with E-state index in [1.807, 2.05) is 50.8 Å². The molecule has 0 bridgehead atoms. The minimum atomic E-state index is -0.373. The average Bonchev–Trinajstić information content (AvgIpc) is 2.40. The second-order valence-corrected chi connectivity index (χ2v) is 4.77. The minimum absolute atomic E-state index is 0. The molecule has 1 aromatic rings. The Labute approximate surface area is 133 Å². The van der Waals surface area contributed by atoms with Gasteiger partial charge in [0.15, 0.2) is 5.96 Å². The Balaban J connectivity index is 0.00000400. The zero-order valence-corrected chi connectivity index (χ0v) is 13.9. The predicted octanol–water partition coefficient (Wildman–Crippen LogP) is 3.51. The number of hydrogen-bond acceptors (Lipinski definition) is 2. The lowest BCUT2D eigenvalue weighted by atomic mass is 10.1. The van der Waals surface area contributed by atoms with Crippen molar-refractivity contribution in [1.82, 2.24) is 10.2 Å². The van der Waals surface area contributed by atoms with E-state index >= 15 is 0 Å². The fourth-order valence-corrected chi connectivity index (χ4v) is 2.04. The third-order valence-electron chi connectivity index (χ3n) is 3.14. The molecule has 0 unspecified atom stereocenters. The van der Waals surface area contributed by atoms with Crippen LogP contribution in [0.2, 0.25) is 0 Å². The van der Waals surface area contributed by atoms with Gasteiger partial charge >= 0.3 is 6.03 Å². The Morgan fingerprint density at radius 1 is 1.24 bits per heavy atom. The number of benzene rings is 1. The molecule has 0 saturated heterocycles. The Morgan fingerprint density at radius 2 is 1.81 bits per heavy atom. The van der Waals surface area contributed by atoms with Crippen LogP contribution in [0.3, 0.4) is 0 Å². The molecule has 118 valence electrons. The highest BCUT2D eigenvalue weighted by molar-refractivity contribution is 6.02. The number of aryl methyl sites for hydroxylation is 2. The summed E-state index contributed by atoms with van der Waals surface area (Å²) in [6, 6.07) is 5.48. The Kier molecular flexibility index (Phi) is 8.47. The van der Waals surface area contributed by atoms with Gasteiger partial charge in [0.1, 0.15) is 0 Å². The van der Waals surface area contributed by atoms with Crippen molar-refractivity contribution >= 4 is 30.1 Å². The van der Waals surface area contributed by atoms with Crippen LogP contribution in [0.5, 0.6) is 0 Å². The smallest absolute Gasteiger partial charge is 0.326 e. The van der Waals surface area contributed by atoms with Gasteiger partial charge in [-0.25, -0.2) is 4.79 Å². The monoisotopic (exact) mass is 312 g/mol. The molecule has 0 radical (unpaired) electrons. The molecule has 0 aromatic heterocycles. The van der Waals surface area contributed by atoms with E-state index in [1.165, 1.54) is 0 Å². The summed E-state index contributed by atoms with van der Waals surface area (Å²) in [6.45, 7) is 9.38. The molecule has 0 atom stereocenters. The first kappa shape index (κ1) is 19.2. The molecule has 3 N–H and O–H groups in total. The number of nitrogens with one attached hydrogen (secondary N) is 3. The van der Waals surface area contributed by atoms with Crippen molar-refractivity contribution in [2.24, 2.45) is 0 Å². The summed E-state index contributed by atoms with van der Waals surface area (Å²) in [4.78, 5) is 13.8. The number of hydrogen-bond donors (Lipinski definition) is 3. The number of para-hydroxylation sites is 1. The van der Waals surface area contributed by atoms with Crippen LogP contribution in [-0.2, 0) is 0 Å². The fourth-order valence-electron chi connectivity index (χ4n) is 2.04. The number of carbonyl (C=O) groups is 1. The molecular formula is C15H25ClN4O. The van der Waals surface area contributed by atoms with Gasteiger partial charge in [-0.2, -0.15) is 0 Å². The summed E-state index contributed by atoms with van der Waals surface area (Å²) < 4.78 is 0. The number of guanidine groups is 1. The van der Waals surface area contributed by atoms with Crippen molar-refractivity contribution in [3.05, 3.63) is 29.3 Å². The number of nitrogens with zero attached hydrogens (tertiary/aromatic N) is 1. The molecule has 1 aromatic carbocycles. The van der Waals surface area contributed by atoms with Gasteiger partial charge in [0.05, 0.1) is 0 Å². The zero-order chi connectivity index (χ0) is 15.1. The van der Waals surface area contributed by atoms with E-state index in [2.05, 4.69) is 10.6 Å². The molecule has 2 amide bonds. The molecule has 0 aliphatic heterocycles. The van der Waals surface area contributed by atoms with E-state index in [9.17, 15) is 4.79 Å². The van der Waals surface area contributed by atoms with Crippen LogP contribution in [0.1, 0.15) is 31.4 Å². The van der Waals surface area contributed by atoms with Gasteiger partial charge < -0.3 is 10.2 Å². The highest BCUT2D eigenvalue weighted by Crippen LogP contribution is 2.18. The minimum Gasteiger partial charge on any atom is -0.343 e. The van der Waals surface area contributed by atoms with E-state index in [-0.39, 0.29) is 24.4 Å². The van der Waals surface area contributed by atoms with Gasteiger partial charge in [-0.15, -0.1) is 12.4 Å². The molecule has 5 nitrogen and oxygen atoms in total. The van der Waals surface area contributed by atoms with Crippen LogP contribution in [0.25, 0.3) is 0 Å². The fraction of sp³-hybridized carbons (Fsp3) is 0.467. The van der Waals surface area contributed by atoms with E-state index in [4.69, 9.17) is 5.41 Å². The summed E-state index contributed by atoms with van der Waals surface area (Å²) >= 11 is 0. The summed E-state index contributed by atoms with van der Waals surface area (Å²) in [5, 5.41) is 13.3. The SMILES string of the molecule is CCCN(CC)C(=N)NC(=O)Nc1c(C)cccc1C.Cl. The molecule has 0 aliphatic rings. The van der Waals surface area contributed by atoms with Gasteiger partial charge in [-0.1, -0.05) is 25.1 Å². The summed E-state index contributed by atoms with van der Waals surface area (Å²) in [7, 11) is 0. The van der Waals surface area contributed by atoms with E-state index < -0.39 is 0 Å². The maximum absolute atomic E-state index is 12.0. The Morgan fingerprint density at radius 3 is 2.29 bits per heavy atom. The molecule has 0 saturated carbocycles. The maximum Gasteiger partial charge on any atom is 0.326 e. The molecule has 1 rings (SSSR count). The quantitative estimate of drug-likeness (QED) is 0.588. The number of anilines is 1. The highest BCUT2D eigenvalue weighted by Gasteiger charge is 2.12. The first-order valence-corrected chi connectivity index (χ1v) is 6.97. The van der Waals surface area contributed by atoms with Crippen LogP contribution in [-0.4, -0.2) is 30.0 Å². The van der Waals surface area contributed by atoms with Crippen LogP contribution >= 0.6 is 12.4 Å². The average molecular weight is 313 g/mol. The lowest BCUT2D eigenvalue weighted by Crippen LogP contribution is -2.45. The number of urea groups is 1. The first-order chi connectivity index (χ1) is 9.49.